The molecule has 2 nitrogen and oxygen atoms in total. The van der Waals surface area contributed by atoms with E-state index in [-0.39, 0.29) is 0 Å². The number of rotatable bonds is 3. The van der Waals surface area contributed by atoms with Crippen LogP contribution in [0.4, 0.5) is 11.4 Å². The molecule has 0 spiro atoms. The van der Waals surface area contributed by atoms with Crippen molar-refractivity contribution in [1.29, 1.82) is 0 Å². The fourth-order valence-corrected chi connectivity index (χ4v) is 15.9. The van der Waals surface area contributed by atoms with Crippen LogP contribution in [-0.2, 0) is 0 Å². The molecule has 0 N–H and O–H groups in total. The van der Waals surface area contributed by atoms with Gasteiger partial charge in [-0.05, 0) is 70.0 Å². The first-order valence-electron chi connectivity index (χ1n) is 9.33. The largest absolute Gasteiger partial charge is 0.355 e. The molecule has 5 heteroatoms. The third-order valence-electron chi connectivity index (χ3n) is 5.71. The molecule has 0 atom stereocenters. The Morgan fingerprint density at radius 3 is 2.12 bits per heavy atom. The smallest absolute Gasteiger partial charge is 0.269 e. The number of nitrogens with zero attached hydrogens (tertiary/aromatic N) is 2. The van der Waals surface area contributed by atoms with Crippen molar-refractivity contribution in [3.63, 3.8) is 0 Å². The van der Waals surface area contributed by atoms with E-state index in [9.17, 15) is 0 Å². The summed E-state index contributed by atoms with van der Waals surface area (Å²) in [5.74, 6) is 0. The van der Waals surface area contributed by atoms with Crippen LogP contribution in [0.25, 0.3) is 0 Å². The van der Waals surface area contributed by atoms with Crippen LogP contribution < -0.4 is 3.81 Å². The van der Waals surface area contributed by atoms with Crippen molar-refractivity contribution in [3.8, 4) is 0 Å². The molecule has 138 valence electrons. The molecule has 1 heterocycles. The number of fused-ring (bicyclic) bond motifs is 1. The minimum atomic E-state index is -1.61. The van der Waals surface area contributed by atoms with Gasteiger partial charge in [0.25, 0.3) is 16.5 Å². The molecule has 1 aliphatic heterocycles. The molecule has 2 aromatic carbocycles. The zero-order valence-electron chi connectivity index (χ0n) is 17.1. The highest BCUT2D eigenvalue weighted by atomic mass is 35.5. The molecule has 0 bridgehead atoms. The normalized spacial score (nSPS) is 16.8. The Morgan fingerprint density at radius 2 is 1.54 bits per heavy atom. The van der Waals surface area contributed by atoms with E-state index in [1.807, 2.05) is 12.1 Å². The van der Waals surface area contributed by atoms with Gasteiger partial charge in [-0.3, -0.25) is 0 Å². The summed E-state index contributed by atoms with van der Waals surface area (Å²) in [6.07, 6.45) is 2.31. The highest BCUT2D eigenvalue weighted by Crippen LogP contribution is 2.43. The molecule has 0 saturated heterocycles. The van der Waals surface area contributed by atoms with Gasteiger partial charge in [-0.15, -0.1) is 4.58 Å². The molecular weight excluding hydrogens is 372 g/mol. The highest BCUT2D eigenvalue weighted by Gasteiger charge is 2.58. The Hall–Kier alpha value is -1.21. The molecule has 3 rings (SSSR count). The Morgan fingerprint density at radius 1 is 0.923 bits per heavy atom. The third-order valence-corrected chi connectivity index (χ3v) is 15.4. The minimum Gasteiger partial charge on any atom is -0.355 e. The number of hydrogen-bond donors (Lipinski definition) is 0. The summed E-state index contributed by atoms with van der Waals surface area (Å²) >= 11 is 6.59. The van der Waals surface area contributed by atoms with E-state index in [1.54, 1.807) is 0 Å². The maximum Gasteiger partial charge on any atom is 0.269 e. The number of halogens is 1. The summed E-state index contributed by atoms with van der Waals surface area (Å²) in [7, 11) is -3.22. The van der Waals surface area contributed by atoms with Gasteiger partial charge in [0.2, 0.25) is 12.4 Å². The van der Waals surface area contributed by atoms with E-state index < -0.39 is 16.5 Å². The molecule has 0 amide bonds. The molecule has 0 aliphatic carbocycles. The van der Waals surface area contributed by atoms with Gasteiger partial charge in [0.1, 0.15) is 10.7 Å². The fraction of sp³-hybridized carbons (Fsp3) is 0.381. The first-order chi connectivity index (χ1) is 12.0. The molecule has 0 saturated carbocycles. The van der Waals surface area contributed by atoms with Gasteiger partial charge in [0.15, 0.2) is 6.21 Å². The van der Waals surface area contributed by atoms with Gasteiger partial charge < -0.3 is 3.81 Å². The number of benzene rings is 2. The maximum absolute atomic E-state index is 6.59. The fourth-order valence-electron chi connectivity index (χ4n) is 4.62. The number of hydrogen-bond acceptors (Lipinski definition) is 0. The van der Waals surface area contributed by atoms with E-state index in [0.717, 1.165) is 21.2 Å². The van der Waals surface area contributed by atoms with Gasteiger partial charge in [-0.1, -0.05) is 29.8 Å². The summed E-state index contributed by atoms with van der Waals surface area (Å²) in [4.78, 5) is 0. The molecule has 2 aromatic rings. The van der Waals surface area contributed by atoms with Crippen molar-refractivity contribution in [2.45, 2.75) is 46.2 Å². The van der Waals surface area contributed by atoms with E-state index in [1.165, 1.54) is 16.8 Å². The van der Waals surface area contributed by atoms with E-state index in [0.29, 0.717) is 0 Å². The summed E-state index contributed by atoms with van der Waals surface area (Å²) in [6, 6.07) is 15.2. The van der Waals surface area contributed by atoms with Gasteiger partial charge in [0, 0.05) is 6.07 Å². The zero-order chi connectivity index (χ0) is 19.3. The molecule has 1 aliphatic rings. The van der Waals surface area contributed by atoms with E-state index in [4.69, 9.17) is 11.6 Å². The van der Waals surface area contributed by atoms with Crippen molar-refractivity contribution in [2.24, 2.45) is 0 Å². The summed E-state index contributed by atoms with van der Waals surface area (Å²) < 4.78 is 3.54. The Kier molecular flexibility index (Phi) is 4.85. The zero-order valence-corrected chi connectivity index (χ0v) is 19.9. The average Bonchev–Trinajstić information content (AvgIpc) is 2.51. The van der Waals surface area contributed by atoms with Crippen molar-refractivity contribution in [2.75, 3.05) is 6.67 Å². The van der Waals surface area contributed by atoms with Crippen LogP contribution in [0.15, 0.2) is 42.5 Å². The molecular formula is C21H31ClN2Si2+2. The second-order valence-corrected chi connectivity index (χ2v) is 20.5. The van der Waals surface area contributed by atoms with Gasteiger partial charge >= 0.3 is 0 Å². The lowest BCUT2D eigenvalue weighted by molar-refractivity contribution is -0.450. The molecule has 0 unspecified atom stereocenters. The molecule has 0 aromatic heterocycles. The standard InChI is InChI=1S/C21H31ClN2Si2/c1-17-12-13-21-18(14-17)15-23(20-11-9-8-10-19(20)22)16-24(21,25(2,3)4)26(5,6)7/h8-15H,16H2,1-7H3/q+2. The Balaban J connectivity index is 2.36. The van der Waals surface area contributed by atoms with Gasteiger partial charge in [-0.25, -0.2) is 0 Å². The van der Waals surface area contributed by atoms with Gasteiger partial charge in [-0.2, -0.15) is 0 Å². The first-order valence-corrected chi connectivity index (χ1v) is 16.6. The molecule has 0 radical (unpaired) electrons. The predicted molar refractivity (Wildman–Crippen MR) is 121 cm³/mol. The predicted octanol–water partition coefficient (Wildman–Crippen LogP) is 6.36. The first kappa shape index (κ1) is 19.6. The quantitative estimate of drug-likeness (QED) is 0.415. The minimum absolute atomic E-state index is 0.823. The second kappa shape index (κ2) is 6.45. The Labute approximate surface area is 165 Å². The van der Waals surface area contributed by atoms with Crippen molar-refractivity contribution in [3.05, 3.63) is 58.6 Å². The van der Waals surface area contributed by atoms with E-state index in [2.05, 4.69) is 87.3 Å². The van der Waals surface area contributed by atoms with Crippen LogP contribution in [0.5, 0.6) is 0 Å². The van der Waals surface area contributed by atoms with Crippen LogP contribution in [0.1, 0.15) is 11.1 Å². The highest BCUT2D eigenvalue weighted by molar-refractivity contribution is 6.95. The lowest BCUT2D eigenvalue weighted by Gasteiger charge is -2.55. The van der Waals surface area contributed by atoms with Crippen LogP contribution >= 0.6 is 11.6 Å². The topological polar surface area (TPSA) is 3.01 Å². The van der Waals surface area contributed by atoms with Crippen molar-refractivity contribution >= 4 is 45.7 Å². The Bertz CT molecular complexity index is 862. The lowest BCUT2D eigenvalue weighted by atomic mass is 10.1. The second-order valence-electron chi connectivity index (χ2n) is 9.41. The third kappa shape index (κ3) is 3.03. The summed E-state index contributed by atoms with van der Waals surface area (Å²) in [5, 5.41) is 0.823. The monoisotopic (exact) mass is 402 g/mol. The average molecular weight is 403 g/mol. The lowest BCUT2D eigenvalue weighted by Crippen LogP contribution is -2.78. The van der Waals surface area contributed by atoms with E-state index >= 15 is 0 Å². The van der Waals surface area contributed by atoms with Crippen LogP contribution in [0.3, 0.4) is 0 Å². The van der Waals surface area contributed by atoms with Crippen LogP contribution in [0.2, 0.25) is 44.3 Å². The SMILES string of the molecule is Cc1ccc2c(c1)C=[N+](c1ccccc1Cl)C[N+]2([Si](C)(C)C)[Si](C)(C)C. The molecule has 26 heavy (non-hydrogen) atoms. The van der Waals surface area contributed by atoms with Gasteiger partial charge in [0.05, 0.1) is 5.56 Å². The number of aryl methyl sites for hydroxylation is 1. The van der Waals surface area contributed by atoms with Crippen molar-refractivity contribution < 1.29 is 4.58 Å². The summed E-state index contributed by atoms with van der Waals surface area (Å²) in [6.45, 7) is 18.3. The van der Waals surface area contributed by atoms with Crippen LogP contribution in [0, 0.1) is 6.92 Å². The maximum atomic E-state index is 6.59. The number of quaternary nitrogens is 1. The van der Waals surface area contributed by atoms with Crippen molar-refractivity contribution in [1.82, 2.24) is 3.81 Å². The summed E-state index contributed by atoms with van der Waals surface area (Å²) in [5.41, 5.74) is 5.28. The number of para-hydroxylation sites is 1. The van der Waals surface area contributed by atoms with Crippen LogP contribution in [-0.4, -0.2) is 33.9 Å². The molecule has 0 fully saturated rings.